The summed E-state index contributed by atoms with van der Waals surface area (Å²) in [6.45, 7) is 5.92. The minimum Gasteiger partial charge on any atom is -0.463 e. The standard InChI is InChI=1S/C33H43N3O7/c1-4-12-21(3)35-18-11-17-33-28(31(40)36(23(5-2)19-37)29(33)32(35)41)27-25(43-33)15-9-10-16-26(38)42-20-24(34-30(27)39)22-13-7-6-8-14-22/h6-9,11,13-15,17,21,23-25,27-29,37H,4-5,10,12,16,18-20H2,1-3H3,(H,34,39)/b15-9-/t21?,23-,24+,25-,27+,28+,29-,33+/m0/s1. The van der Waals surface area contributed by atoms with Crippen LogP contribution in [0, 0.1) is 11.8 Å². The van der Waals surface area contributed by atoms with E-state index in [9.17, 15) is 24.3 Å². The number of amides is 3. The van der Waals surface area contributed by atoms with Gasteiger partial charge >= 0.3 is 5.97 Å². The van der Waals surface area contributed by atoms with Crippen molar-refractivity contribution in [3.63, 3.8) is 0 Å². The second kappa shape index (κ2) is 13.0. The average molecular weight is 594 g/mol. The lowest BCUT2D eigenvalue weighted by Gasteiger charge is -2.39. The zero-order valence-electron chi connectivity index (χ0n) is 25.2. The number of nitrogens with zero attached hydrogens (tertiary/aromatic N) is 2. The van der Waals surface area contributed by atoms with Crippen LogP contribution in [0.3, 0.4) is 0 Å². The molecule has 232 valence electrons. The Morgan fingerprint density at radius 3 is 2.56 bits per heavy atom. The summed E-state index contributed by atoms with van der Waals surface area (Å²) in [5.74, 6) is -3.36. The van der Waals surface area contributed by atoms with Crippen molar-refractivity contribution in [2.24, 2.45) is 11.8 Å². The summed E-state index contributed by atoms with van der Waals surface area (Å²) in [7, 11) is 0. The van der Waals surface area contributed by atoms with Crippen molar-refractivity contribution in [3.05, 3.63) is 60.2 Å². The first-order valence-corrected chi connectivity index (χ1v) is 15.5. The van der Waals surface area contributed by atoms with Gasteiger partial charge in [-0.2, -0.15) is 0 Å². The number of aliphatic hydroxyl groups excluding tert-OH is 1. The van der Waals surface area contributed by atoms with Crippen molar-refractivity contribution in [2.75, 3.05) is 19.8 Å². The number of allylic oxidation sites excluding steroid dienone is 1. The molecule has 0 radical (unpaired) electrons. The van der Waals surface area contributed by atoms with E-state index < -0.39 is 47.6 Å². The smallest absolute Gasteiger partial charge is 0.306 e. The first kappa shape index (κ1) is 30.9. The fourth-order valence-corrected chi connectivity index (χ4v) is 7.17. The van der Waals surface area contributed by atoms with Gasteiger partial charge in [-0.25, -0.2) is 0 Å². The normalized spacial score (nSPS) is 33.3. The molecule has 3 amide bonds. The molecule has 1 aromatic carbocycles. The quantitative estimate of drug-likeness (QED) is 0.368. The Balaban J connectivity index is 1.60. The third-order valence-corrected chi connectivity index (χ3v) is 9.35. The first-order chi connectivity index (χ1) is 20.8. The van der Waals surface area contributed by atoms with E-state index in [0.29, 0.717) is 19.4 Å². The topological polar surface area (TPSA) is 125 Å². The molecule has 1 aromatic rings. The predicted molar refractivity (Wildman–Crippen MR) is 158 cm³/mol. The molecule has 8 atom stereocenters. The van der Waals surface area contributed by atoms with Gasteiger partial charge in [-0.15, -0.1) is 0 Å². The Labute approximate surface area is 253 Å². The third kappa shape index (κ3) is 5.62. The summed E-state index contributed by atoms with van der Waals surface area (Å²) >= 11 is 0. The van der Waals surface area contributed by atoms with Gasteiger partial charge in [-0.1, -0.05) is 74.9 Å². The van der Waals surface area contributed by atoms with Gasteiger partial charge in [0.15, 0.2) is 0 Å². The molecule has 43 heavy (non-hydrogen) atoms. The average Bonchev–Trinajstić information content (AvgIpc) is 3.39. The highest BCUT2D eigenvalue weighted by molar-refractivity contribution is 6.00. The van der Waals surface area contributed by atoms with Gasteiger partial charge in [-0.05, 0) is 31.7 Å². The van der Waals surface area contributed by atoms with Crippen molar-refractivity contribution in [1.82, 2.24) is 15.1 Å². The molecule has 0 aliphatic carbocycles. The largest absolute Gasteiger partial charge is 0.463 e. The monoisotopic (exact) mass is 593 g/mol. The molecule has 0 bridgehead atoms. The molecule has 10 nitrogen and oxygen atoms in total. The van der Waals surface area contributed by atoms with E-state index in [1.165, 1.54) is 4.90 Å². The molecule has 2 N–H and O–H groups in total. The van der Waals surface area contributed by atoms with E-state index in [1.54, 1.807) is 17.1 Å². The van der Waals surface area contributed by atoms with Crippen molar-refractivity contribution < 1.29 is 33.8 Å². The van der Waals surface area contributed by atoms with Gasteiger partial charge in [-0.3, -0.25) is 19.2 Å². The van der Waals surface area contributed by atoms with Crippen molar-refractivity contribution in [3.8, 4) is 0 Å². The lowest BCUT2D eigenvalue weighted by Crippen LogP contribution is -2.59. The number of esters is 1. The minimum atomic E-state index is -1.40. The number of hydrogen-bond donors (Lipinski definition) is 2. The Bertz CT molecular complexity index is 1260. The summed E-state index contributed by atoms with van der Waals surface area (Å²) < 4.78 is 12.3. The molecule has 1 unspecified atom stereocenters. The molecule has 4 aliphatic rings. The summed E-state index contributed by atoms with van der Waals surface area (Å²) in [4.78, 5) is 58.9. The summed E-state index contributed by atoms with van der Waals surface area (Å²) in [6.07, 6.45) is 9.06. The van der Waals surface area contributed by atoms with Gasteiger partial charge in [0.2, 0.25) is 17.7 Å². The van der Waals surface area contributed by atoms with Gasteiger partial charge in [0, 0.05) is 19.0 Å². The fourth-order valence-electron chi connectivity index (χ4n) is 7.17. The van der Waals surface area contributed by atoms with Crippen molar-refractivity contribution in [2.45, 2.75) is 88.7 Å². The second-order valence-electron chi connectivity index (χ2n) is 12.0. The van der Waals surface area contributed by atoms with Gasteiger partial charge in [0.25, 0.3) is 0 Å². The van der Waals surface area contributed by atoms with Crippen LogP contribution in [-0.2, 0) is 28.7 Å². The maximum atomic E-state index is 14.5. The minimum absolute atomic E-state index is 0.0554. The van der Waals surface area contributed by atoms with E-state index >= 15 is 0 Å². The number of rotatable bonds is 7. The first-order valence-electron chi connectivity index (χ1n) is 15.5. The lowest BCUT2D eigenvalue weighted by molar-refractivity contribution is -0.152. The Morgan fingerprint density at radius 1 is 1.09 bits per heavy atom. The number of benzene rings is 1. The molecule has 1 spiro atoms. The van der Waals surface area contributed by atoms with Crippen LogP contribution < -0.4 is 5.32 Å². The fraction of sp³-hybridized carbons (Fsp3) is 0.576. The highest BCUT2D eigenvalue weighted by Gasteiger charge is 2.72. The molecule has 5 rings (SSSR count). The zero-order valence-corrected chi connectivity index (χ0v) is 25.2. The number of cyclic esters (lactones) is 1. The second-order valence-corrected chi connectivity index (χ2v) is 12.0. The number of fused-ring (bicyclic) bond motifs is 2. The Hall–Kier alpha value is -3.50. The number of nitrogens with one attached hydrogen (secondary N) is 1. The van der Waals surface area contributed by atoms with Crippen molar-refractivity contribution in [1.29, 1.82) is 0 Å². The van der Waals surface area contributed by atoms with Crippen LogP contribution in [-0.4, -0.2) is 88.2 Å². The molecular weight excluding hydrogens is 550 g/mol. The number of carbonyl (C=O) groups excluding carboxylic acids is 4. The molecule has 10 heteroatoms. The van der Waals surface area contributed by atoms with Crippen LogP contribution in [0.15, 0.2) is 54.6 Å². The van der Waals surface area contributed by atoms with E-state index in [1.807, 2.05) is 56.3 Å². The maximum Gasteiger partial charge on any atom is 0.306 e. The molecule has 0 aromatic heterocycles. The van der Waals surface area contributed by atoms with E-state index in [-0.39, 0.29) is 43.5 Å². The Morgan fingerprint density at radius 2 is 1.86 bits per heavy atom. The zero-order chi connectivity index (χ0) is 30.7. The van der Waals surface area contributed by atoms with Crippen LogP contribution in [0.2, 0.25) is 0 Å². The molecule has 2 fully saturated rings. The van der Waals surface area contributed by atoms with Gasteiger partial charge in [0.1, 0.15) is 18.2 Å². The summed E-state index contributed by atoms with van der Waals surface area (Å²) in [5, 5.41) is 13.4. The van der Waals surface area contributed by atoms with Gasteiger partial charge < -0.3 is 29.7 Å². The number of carbonyl (C=O) groups is 4. The van der Waals surface area contributed by atoms with Crippen molar-refractivity contribution >= 4 is 23.7 Å². The molecule has 2 saturated heterocycles. The summed E-state index contributed by atoms with van der Waals surface area (Å²) in [5.41, 5.74) is -0.640. The molecule has 4 heterocycles. The SMILES string of the molecule is CCCC(C)N1CC=C[C@@]23O[C@H]4/C=C\CCC(=O)OC[C@H](c5ccccc5)NC(=O)[C@H]4[C@@H]2C(=O)N([C@@H](CC)CO)[C@H]3C1=O. The Kier molecular flexibility index (Phi) is 9.36. The van der Waals surface area contributed by atoms with E-state index in [4.69, 9.17) is 9.47 Å². The third-order valence-electron chi connectivity index (χ3n) is 9.35. The van der Waals surface area contributed by atoms with Crippen LogP contribution in [0.1, 0.15) is 64.5 Å². The number of hydrogen-bond acceptors (Lipinski definition) is 7. The molecule has 4 aliphatic heterocycles. The van der Waals surface area contributed by atoms with E-state index in [2.05, 4.69) is 12.2 Å². The molecular formula is C33H43N3O7. The number of ether oxygens (including phenoxy) is 2. The van der Waals surface area contributed by atoms with E-state index in [0.717, 1.165) is 18.4 Å². The number of aliphatic hydroxyl groups is 1. The summed E-state index contributed by atoms with van der Waals surface area (Å²) in [6, 6.07) is 6.89. The van der Waals surface area contributed by atoms with Crippen LogP contribution >= 0.6 is 0 Å². The van der Waals surface area contributed by atoms with Crippen LogP contribution in [0.25, 0.3) is 0 Å². The molecule has 0 saturated carbocycles. The number of likely N-dealkylation sites (tertiary alicyclic amines) is 1. The lowest BCUT2D eigenvalue weighted by atomic mass is 9.77. The highest BCUT2D eigenvalue weighted by Crippen LogP contribution is 2.53. The van der Waals surface area contributed by atoms with Crippen LogP contribution in [0.5, 0.6) is 0 Å². The van der Waals surface area contributed by atoms with Gasteiger partial charge in [0.05, 0.1) is 36.6 Å². The van der Waals surface area contributed by atoms with Crippen LogP contribution in [0.4, 0.5) is 0 Å². The maximum absolute atomic E-state index is 14.5. The predicted octanol–water partition coefficient (Wildman–Crippen LogP) is 2.68. The highest BCUT2D eigenvalue weighted by atomic mass is 16.5.